The number of aromatic nitrogens is 4. The zero-order valence-corrected chi connectivity index (χ0v) is 10.0. The summed E-state index contributed by atoms with van der Waals surface area (Å²) in [6.45, 7) is 6.40. The Labute approximate surface area is 99.8 Å². The second kappa shape index (κ2) is 3.98. The van der Waals surface area contributed by atoms with Gasteiger partial charge in [0.25, 0.3) is 5.82 Å². The van der Waals surface area contributed by atoms with Gasteiger partial charge >= 0.3 is 0 Å². The van der Waals surface area contributed by atoms with Crippen LogP contribution in [0.3, 0.4) is 0 Å². The first-order valence-corrected chi connectivity index (χ1v) is 5.29. The Kier molecular flexibility index (Phi) is 2.64. The molecule has 0 atom stereocenters. The van der Waals surface area contributed by atoms with E-state index in [1.807, 2.05) is 24.4 Å². The van der Waals surface area contributed by atoms with Gasteiger partial charge in [-0.2, -0.15) is 5.26 Å². The van der Waals surface area contributed by atoms with Crippen molar-refractivity contribution < 1.29 is 0 Å². The fourth-order valence-electron chi connectivity index (χ4n) is 1.39. The van der Waals surface area contributed by atoms with Crippen LogP contribution in [0.2, 0.25) is 0 Å². The van der Waals surface area contributed by atoms with Gasteiger partial charge in [0.2, 0.25) is 0 Å². The van der Waals surface area contributed by atoms with Crippen LogP contribution in [0, 0.1) is 11.3 Å². The van der Waals surface area contributed by atoms with Crippen molar-refractivity contribution in [3.05, 3.63) is 36.0 Å². The van der Waals surface area contributed by atoms with Crippen LogP contribution in [0.1, 0.15) is 32.2 Å². The summed E-state index contributed by atoms with van der Waals surface area (Å²) in [6, 6.07) is 5.76. The highest BCUT2D eigenvalue weighted by Crippen LogP contribution is 2.21. The van der Waals surface area contributed by atoms with E-state index in [1.54, 1.807) is 0 Å². The number of nitrogens with zero attached hydrogens (tertiary/aromatic N) is 5. The number of pyridine rings is 1. The van der Waals surface area contributed by atoms with Crippen LogP contribution in [-0.2, 0) is 5.41 Å². The Morgan fingerprint density at radius 2 is 2.00 bits per heavy atom. The molecule has 0 N–H and O–H groups in total. The SMILES string of the molecule is CC(C)(C)c1ccc(-n2cnc(C#N)n2)nc1. The summed E-state index contributed by atoms with van der Waals surface area (Å²) >= 11 is 0. The molecule has 5 heteroatoms. The molecule has 0 aliphatic carbocycles. The third kappa shape index (κ3) is 2.31. The zero-order valence-electron chi connectivity index (χ0n) is 10.0. The molecule has 0 saturated carbocycles. The molecule has 2 aromatic rings. The first-order valence-electron chi connectivity index (χ1n) is 5.29. The molecular formula is C12H13N5. The summed E-state index contributed by atoms with van der Waals surface area (Å²) in [7, 11) is 0. The van der Waals surface area contributed by atoms with Crippen LogP contribution in [0.5, 0.6) is 0 Å². The van der Waals surface area contributed by atoms with Gasteiger partial charge in [-0.05, 0) is 17.0 Å². The maximum absolute atomic E-state index is 8.64. The second-order valence-electron chi connectivity index (χ2n) is 4.78. The standard InChI is InChI=1S/C12H13N5/c1-12(2,3)9-4-5-11(14-7-9)17-8-15-10(6-13)16-17/h4-5,7-8H,1-3H3. The maximum Gasteiger partial charge on any atom is 0.252 e. The van der Waals surface area contributed by atoms with Crippen molar-refractivity contribution in [2.75, 3.05) is 0 Å². The first kappa shape index (κ1) is 11.3. The molecule has 17 heavy (non-hydrogen) atoms. The Hall–Kier alpha value is -2.22. The van der Waals surface area contributed by atoms with Crippen molar-refractivity contribution >= 4 is 0 Å². The molecule has 0 radical (unpaired) electrons. The van der Waals surface area contributed by atoms with Gasteiger partial charge < -0.3 is 0 Å². The lowest BCUT2D eigenvalue weighted by atomic mass is 9.88. The molecule has 2 aromatic heterocycles. The van der Waals surface area contributed by atoms with Crippen LogP contribution in [0.4, 0.5) is 0 Å². The van der Waals surface area contributed by atoms with Gasteiger partial charge in [0.15, 0.2) is 5.82 Å². The highest BCUT2D eigenvalue weighted by Gasteiger charge is 2.14. The van der Waals surface area contributed by atoms with E-state index in [1.165, 1.54) is 11.0 Å². The van der Waals surface area contributed by atoms with Crippen LogP contribution in [-0.4, -0.2) is 19.7 Å². The lowest BCUT2D eigenvalue weighted by Crippen LogP contribution is -2.12. The van der Waals surface area contributed by atoms with Crippen molar-refractivity contribution in [3.63, 3.8) is 0 Å². The molecule has 0 spiro atoms. The molecule has 5 nitrogen and oxygen atoms in total. The zero-order chi connectivity index (χ0) is 12.5. The van der Waals surface area contributed by atoms with E-state index < -0.39 is 0 Å². The van der Waals surface area contributed by atoms with Gasteiger partial charge in [0, 0.05) is 6.20 Å². The van der Waals surface area contributed by atoms with E-state index in [9.17, 15) is 0 Å². The molecule has 0 saturated heterocycles. The fraction of sp³-hybridized carbons (Fsp3) is 0.333. The Morgan fingerprint density at radius 3 is 2.47 bits per heavy atom. The van der Waals surface area contributed by atoms with Crippen molar-refractivity contribution in [2.24, 2.45) is 0 Å². The minimum atomic E-state index is 0.0751. The molecule has 0 aliphatic rings. The fourth-order valence-corrected chi connectivity index (χ4v) is 1.39. The predicted octanol–water partition coefficient (Wildman–Crippen LogP) is 1.83. The van der Waals surface area contributed by atoms with Crippen molar-refractivity contribution in [1.82, 2.24) is 19.7 Å². The van der Waals surface area contributed by atoms with Gasteiger partial charge in [-0.25, -0.2) is 14.6 Å². The van der Waals surface area contributed by atoms with E-state index in [0.717, 1.165) is 5.56 Å². The van der Waals surface area contributed by atoms with E-state index >= 15 is 0 Å². The normalized spacial score (nSPS) is 11.2. The summed E-state index contributed by atoms with van der Waals surface area (Å²) < 4.78 is 1.49. The van der Waals surface area contributed by atoms with Crippen LogP contribution in [0.25, 0.3) is 5.82 Å². The smallest absolute Gasteiger partial charge is 0.237 e. The molecule has 86 valence electrons. The summed E-state index contributed by atoms with van der Waals surface area (Å²) in [4.78, 5) is 8.15. The summed E-state index contributed by atoms with van der Waals surface area (Å²) in [5.74, 6) is 0.804. The van der Waals surface area contributed by atoms with Crippen LogP contribution >= 0.6 is 0 Å². The molecule has 0 amide bonds. The number of hydrogen-bond donors (Lipinski definition) is 0. The minimum absolute atomic E-state index is 0.0751. The molecule has 0 aliphatic heterocycles. The van der Waals surface area contributed by atoms with Gasteiger partial charge in [0.05, 0.1) is 0 Å². The quantitative estimate of drug-likeness (QED) is 0.745. The largest absolute Gasteiger partial charge is 0.252 e. The third-order valence-electron chi connectivity index (χ3n) is 2.44. The number of hydrogen-bond acceptors (Lipinski definition) is 4. The van der Waals surface area contributed by atoms with Crippen molar-refractivity contribution in [3.8, 4) is 11.9 Å². The van der Waals surface area contributed by atoms with Crippen LogP contribution in [0.15, 0.2) is 24.7 Å². The Balaban J connectivity index is 2.33. The first-order chi connectivity index (χ1) is 8.00. The highest BCUT2D eigenvalue weighted by molar-refractivity contribution is 5.28. The predicted molar refractivity (Wildman–Crippen MR) is 62.6 cm³/mol. The molecule has 2 heterocycles. The van der Waals surface area contributed by atoms with E-state index in [0.29, 0.717) is 5.82 Å². The van der Waals surface area contributed by atoms with E-state index in [2.05, 4.69) is 35.8 Å². The molecule has 0 fully saturated rings. The third-order valence-corrected chi connectivity index (χ3v) is 2.44. The summed E-state index contributed by atoms with van der Waals surface area (Å²) in [5.41, 5.74) is 1.23. The Morgan fingerprint density at radius 1 is 1.24 bits per heavy atom. The van der Waals surface area contributed by atoms with Gasteiger partial charge in [-0.3, -0.25) is 0 Å². The lowest BCUT2D eigenvalue weighted by Gasteiger charge is -2.18. The molecule has 0 unspecified atom stereocenters. The van der Waals surface area contributed by atoms with E-state index in [-0.39, 0.29) is 11.2 Å². The highest BCUT2D eigenvalue weighted by atomic mass is 15.4. The molecule has 0 aromatic carbocycles. The van der Waals surface area contributed by atoms with Crippen molar-refractivity contribution in [1.29, 1.82) is 5.26 Å². The summed E-state index contributed by atoms with van der Waals surface area (Å²) in [5, 5.41) is 12.6. The average Bonchev–Trinajstić information content (AvgIpc) is 2.76. The summed E-state index contributed by atoms with van der Waals surface area (Å²) in [6.07, 6.45) is 3.31. The average molecular weight is 227 g/mol. The number of nitriles is 1. The molecular weight excluding hydrogens is 214 g/mol. The van der Waals surface area contributed by atoms with Gasteiger partial charge in [-0.1, -0.05) is 26.8 Å². The maximum atomic E-state index is 8.64. The van der Waals surface area contributed by atoms with Crippen LogP contribution < -0.4 is 0 Å². The number of rotatable bonds is 1. The minimum Gasteiger partial charge on any atom is -0.237 e. The van der Waals surface area contributed by atoms with Crippen molar-refractivity contribution in [2.45, 2.75) is 26.2 Å². The topological polar surface area (TPSA) is 67.4 Å². The lowest BCUT2D eigenvalue weighted by molar-refractivity contribution is 0.586. The second-order valence-corrected chi connectivity index (χ2v) is 4.78. The van der Waals surface area contributed by atoms with E-state index in [4.69, 9.17) is 5.26 Å². The monoisotopic (exact) mass is 227 g/mol. The molecule has 0 bridgehead atoms. The Bertz CT molecular complexity index is 554. The van der Waals surface area contributed by atoms with Gasteiger partial charge in [-0.15, -0.1) is 5.10 Å². The van der Waals surface area contributed by atoms with Gasteiger partial charge in [0.1, 0.15) is 12.4 Å². The molecule has 2 rings (SSSR count).